The van der Waals surface area contributed by atoms with Crippen LogP contribution in [0.4, 0.5) is 0 Å². The van der Waals surface area contributed by atoms with Gasteiger partial charge in [-0.3, -0.25) is 9.89 Å². The molecule has 1 saturated heterocycles. The highest BCUT2D eigenvalue weighted by Gasteiger charge is 2.14. The first-order valence-electron chi connectivity index (χ1n) is 8.14. The summed E-state index contributed by atoms with van der Waals surface area (Å²) in [7, 11) is 0. The summed E-state index contributed by atoms with van der Waals surface area (Å²) in [5, 5.41) is 2.99. The van der Waals surface area contributed by atoms with Gasteiger partial charge in [-0.1, -0.05) is 0 Å². The fourth-order valence-corrected chi connectivity index (χ4v) is 2.91. The van der Waals surface area contributed by atoms with Crippen LogP contribution in [-0.2, 0) is 16.1 Å². The molecule has 4 rings (SSSR count). The summed E-state index contributed by atoms with van der Waals surface area (Å²) in [6.45, 7) is 1.64. The number of fused-ring (bicyclic) bond motifs is 1. The van der Waals surface area contributed by atoms with Gasteiger partial charge in [0.2, 0.25) is 0 Å². The van der Waals surface area contributed by atoms with Crippen molar-refractivity contribution in [2.75, 3.05) is 13.2 Å². The molecule has 1 N–H and O–H groups in total. The molecule has 0 bridgehead atoms. The van der Waals surface area contributed by atoms with E-state index in [4.69, 9.17) is 13.9 Å². The molecule has 7 nitrogen and oxygen atoms in total. The molecule has 7 heteroatoms. The van der Waals surface area contributed by atoms with Gasteiger partial charge in [0.05, 0.1) is 31.3 Å². The first-order chi connectivity index (χ1) is 11.8. The number of nitrogens with one attached hydrogen (secondary N) is 1. The zero-order valence-electron chi connectivity index (χ0n) is 13.2. The second-order valence-electron chi connectivity index (χ2n) is 5.93. The lowest BCUT2D eigenvalue weighted by molar-refractivity contribution is -0.0452. The lowest BCUT2D eigenvalue weighted by Gasteiger charge is -2.22. The van der Waals surface area contributed by atoms with Crippen LogP contribution in [-0.4, -0.2) is 33.9 Å². The molecule has 24 heavy (non-hydrogen) atoms. The molecule has 3 aromatic rings. The van der Waals surface area contributed by atoms with Crippen LogP contribution in [0.2, 0.25) is 0 Å². The number of ether oxygens (including phenoxy) is 2. The summed E-state index contributed by atoms with van der Waals surface area (Å²) in [6.07, 6.45) is 5.07. The van der Waals surface area contributed by atoms with Gasteiger partial charge >= 0.3 is 0 Å². The third-order valence-corrected chi connectivity index (χ3v) is 4.12. The van der Waals surface area contributed by atoms with E-state index >= 15 is 0 Å². The lowest BCUT2D eigenvalue weighted by Crippen LogP contribution is -2.24. The van der Waals surface area contributed by atoms with E-state index in [1.807, 2.05) is 6.07 Å². The quantitative estimate of drug-likeness (QED) is 0.777. The van der Waals surface area contributed by atoms with Gasteiger partial charge in [0.15, 0.2) is 11.4 Å². The van der Waals surface area contributed by atoms with Gasteiger partial charge in [-0.2, -0.15) is 0 Å². The predicted molar refractivity (Wildman–Crippen MR) is 86.8 cm³/mol. The van der Waals surface area contributed by atoms with Crippen LogP contribution in [0.15, 0.2) is 39.7 Å². The Morgan fingerprint density at radius 3 is 3.12 bits per heavy atom. The Balaban J connectivity index is 1.48. The van der Waals surface area contributed by atoms with Crippen LogP contribution in [0.3, 0.4) is 0 Å². The van der Waals surface area contributed by atoms with Crippen LogP contribution in [0, 0.1) is 0 Å². The zero-order valence-corrected chi connectivity index (χ0v) is 13.2. The molecular weight excluding hydrogens is 310 g/mol. The van der Waals surface area contributed by atoms with Gasteiger partial charge in [-0.25, -0.2) is 9.50 Å². The van der Waals surface area contributed by atoms with E-state index in [1.54, 1.807) is 18.4 Å². The van der Waals surface area contributed by atoms with Crippen molar-refractivity contribution in [3.8, 4) is 11.5 Å². The molecule has 1 atom stereocenters. The Labute approximate surface area is 138 Å². The maximum Gasteiger partial charge on any atom is 0.272 e. The third-order valence-electron chi connectivity index (χ3n) is 4.12. The van der Waals surface area contributed by atoms with Crippen molar-refractivity contribution in [3.05, 3.63) is 46.6 Å². The minimum Gasteiger partial charge on any atom is -0.463 e. The number of furan rings is 1. The van der Waals surface area contributed by atoms with Gasteiger partial charge in [0, 0.05) is 18.7 Å². The van der Waals surface area contributed by atoms with Gasteiger partial charge in [-0.15, -0.1) is 0 Å². The first-order valence-corrected chi connectivity index (χ1v) is 8.14. The van der Waals surface area contributed by atoms with Crippen molar-refractivity contribution in [1.29, 1.82) is 0 Å². The number of rotatable bonds is 5. The molecule has 0 aliphatic carbocycles. The lowest BCUT2D eigenvalue weighted by atomic mass is 10.1. The molecule has 4 heterocycles. The standard InChI is InChI=1S/C17H19N3O4/c21-17-8-12(10-22-11-13-4-1-2-6-23-13)18-16-9-14(19-20(16)17)15-5-3-7-24-15/h3,5,7-9,13,19H,1-2,4,6,10-11H2. The molecule has 126 valence electrons. The van der Waals surface area contributed by atoms with Gasteiger partial charge in [-0.05, 0) is 31.4 Å². The van der Waals surface area contributed by atoms with Crippen molar-refractivity contribution in [1.82, 2.24) is 14.6 Å². The van der Waals surface area contributed by atoms with Crippen molar-refractivity contribution >= 4 is 5.65 Å². The number of hydrogen-bond acceptors (Lipinski definition) is 5. The van der Waals surface area contributed by atoms with Gasteiger partial charge in [0.25, 0.3) is 5.56 Å². The van der Waals surface area contributed by atoms with E-state index < -0.39 is 0 Å². The summed E-state index contributed by atoms with van der Waals surface area (Å²) in [6, 6.07) is 6.89. The number of H-pyrrole nitrogens is 1. The third kappa shape index (κ3) is 3.13. The molecule has 1 aliphatic heterocycles. The fraction of sp³-hybridized carbons (Fsp3) is 0.412. The summed E-state index contributed by atoms with van der Waals surface area (Å²) in [5.41, 5.74) is 1.69. The summed E-state index contributed by atoms with van der Waals surface area (Å²) in [4.78, 5) is 16.7. The number of aromatic nitrogens is 3. The minimum atomic E-state index is -0.176. The van der Waals surface area contributed by atoms with Gasteiger partial charge < -0.3 is 13.9 Å². The van der Waals surface area contributed by atoms with E-state index in [-0.39, 0.29) is 11.7 Å². The Hall–Kier alpha value is -2.38. The van der Waals surface area contributed by atoms with Crippen LogP contribution < -0.4 is 5.56 Å². The number of nitrogens with zero attached hydrogens (tertiary/aromatic N) is 2. The van der Waals surface area contributed by atoms with Crippen molar-refractivity contribution < 1.29 is 13.9 Å². The average molecular weight is 329 g/mol. The van der Waals surface area contributed by atoms with E-state index in [9.17, 15) is 4.79 Å². The van der Waals surface area contributed by atoms with Crippen LogP contribution in [0.5, 0.6) is 0 Å². The highest BCUT2D eigenvalue weighted by Crippen LogP contribution is 2.18. The van der Waals surface area contributed by atoms with Crippen molar-refractivity contribution in [3.63, 3.8) is 0 Å². The normalized spacial score (nSPS) is 18.2. The molecule has 0 saturated carbocycles. The maximum absolute atomic E-state index is 12.2. The molecule has 1 unspecified atom stereocenters. The number of aromatic amines is 1. The zero-order chi connectivity index (χ0) is 16.4. The van der Waals surface area contributed by atoms with Gasteiger partial charge in [0.1, 0.15) is 5.69 Å². The Kier molecular flexibility index (Phi) is 4.18. The number of hydrogen-bond donors (Lipinski definition) is 1. The Morgan fingerprint density at radius 2 is 2.33 bits per heavy atom. The summed E-state index contributed by atoms with van der Waals surface area (Å²) < 4.78 is 18.0. The predicted octanol–water partition coefficient (Wildman–Crippen LogP) is 2.37. The monoisotopic (exact) mass is 329 g/mol. The van der Waals surface area contributed by atoms with Crippen LogP contribution >= 0.6 is 0 Å². The highest BCUT2D eigenvalue weighted by atomic mass is 16.5. The molecular formula is C17H19N3O4. The molecule has 3 aromatic heterocycles. The van der Waals surface area contributed by atoms with Crippen LogP contribution in [0.1, 0.15) is 25.0 Å². The second-order valence-corrected chi connectivity index (χ2v) is 5.93. The topological polar surface area (TPSA) is 81.8 Å². The Morgan fingerprint density at radius 1 is 1.38 bits per heavy atom. The molecule has 1 aliphatic rings. The second kappa shape index (κ2) is 6.62. The summed E-state index contributed by atoms with van der Waals surface area (Å²) >= 11 is 0. The molecule has 0 radical (unpaired) electrons. The van der Waals surface area contributed by atoms with E-state index in [1.165, 1.54) is 17.0 Å². The first kappa shape index (κ1) is 15.2. The Bertz CT molecular complexity index is 860. The van der Waals surface area contributed by atoms with E-state index in [0.29, 0.717) is 36.0 Å². The smallest absolute Gasteiger partial charge is 0.272 e. The van der Waals surface area contributed by atoms with Crippen molar-refractivity contribution in [2.45, 2.75) is 32.0 Å². The van der Waals surface area contributed by atoms with E-state index in [2.05, 4.69) is 10.1 Å². The van der Waals surface area contributed by atoms with E-state index in [0.717, 1.165) is 19.4 Å². The highest BCUT2D eigenvalue weighted by molar-refractivity contribution is 5.58. The average Bonchev–Trinajstić information content (AvgIpc) is 3.25. The minimum absolute atomic E-state index is 0.154. The molecule has 0 spiro atoms. The molecule has 0 amide bonds. The SMILES string of the molecule is O=c1cc(COCC2CCCCO2)nc2cc(-c3ccco3)[nH]n12. The van der Waals surface area contributed by atoms with Crippen LogP contribution in [0.25, 0.3) is 17.1 Å². The largest absolute Gasteiger partial charge is 0.463 e. The molecule has 0 aromatic carbocycles. The fourth-order valence-electron chi connectivity index (χ4n) is 2.91. The van der Waals surface area contributed by atoms with Crippen molar-refractivity contribution in [2.24, 2.45) is 0 Å². The maximum atomic E-state index is 12.2. The molecule has 1 fully saturated rings. The summed E-state index contributed by atoms with van der Waals surface area (Å²) in [5.74, 6) is 0.659.